The summed E-state index contributed by atoms with van der Waals surface area (Å²) >= 11 is 0. The largest absolute Gasteiger partial charge is 0.496 e. The maximum absolute atomic E-state index is 14.7. The summed E-state index contributed by atoms with van der Waals surface area (Å²) < 4.78 is 62.4. The molecule has 4 fully saturated rings. The van der Waals surface area contributed by atoms with Crippen molar-refractivity contribution in [2.24, 2.45) is 11.3 Å². The van der Waals surface area contributed by atoms with Gasteiger partial charge in [-0.1, -0.05) is 38.1 Å². The number of rotatable bonds is 16. The predicted octanol–water partition coefficient (Wildman–Crippen LogP) is 10.3. The Bertz CT molecular complexity index is 3450. The first-order valence-electron chi connectivity index (χ1n) is 26.1. The minimum atomic E-state index is -4.65. The van der Waals surface area contributed by atoms with Crippen molar-refractivity contribution in [3.05, 3.63) is 142 Å². The van der Waals surface area contributed by atoms with E-state index in [0.717, 1.165) is 99.0 Å². The molecule has 2 aliphatic heterocycles. The highest BCUT2D eigenvalue weighted by molar-refractivity contribution is 7.90. The van der Waals surface area contributed by atoms with E-state index in [-0.39, 0.29) is 45.5 Å². The summed E-state index contributed by atoms with van der Waals surface area (Å²) in [6.07, 6.45) is 9.01. The fraction of sp³-hybridized carbons (Fsp3) is 0.404. The number of aliphatic hydroxyl groups is 1. The van der Waals surface area contributed by atoms with Gasteiger partial charge < -0.3 is 34.2 Å². The number of aromatic nitrogens is 2. The van der Waals surface area contributed by atoms with Crippen molar-refractivity contribution < 1.29 is 41.5 Å². The molecule has 76 heavy (non-hydrogen) atoms. The number of furan rings is 1. The van der Waals surface area contributed by atoms with E-state index in [9.17, 15) is 32.8 Å². The average Bonchev–Trinajstić information content (AvgIpc) is 4.05. The molecule has 1 spiro atoms. The van der Waals surface area contributed by atoms with E-state index in [0.29, 0.717) is 37.0 Å². The number of halogens is 1. The number of benzene rings is 4. The highest BCUT2D eigenvalue weighted by Crippen LogP contribution is 2.54. The Balaban J connectivity index is 0.798. The van der Waals surface area contributed by atoms with Crippen LogP contribution in [0.15, 0.2) is 113 Å². The first kappa shape index (κ1) is 51.1. The number of sulfonamides is 1. The van der Waals surface area contributed by atoms with Crippen molar-refractivity contribution in [2.45, 2.75) is 94.3 Å². The number of fused-ring (bicyclic) bond motifs is 2. The molecule has 4 N–H and O–H groups in total. The highest BCUT2D eigenvalue weighted by Gasteiger charge is 2.55. The van der Waals surface area contributed by atoms with E-state index < -0.39 is 42.9 Å². The van der Waals surface area contributed by atoms with E-state index >= 15 is 0 Å². The number of nitro benzene ring substituents is 1. The van der Waals surface area contributed by atoms with Gasteiger partial charge in [0, 0.05) is 87.3 Å². The van der Waals surface area contributed by atoms with Gasteiger partial charge in [0.25, 0.3) is 21.6 Å². The Labute approximate surface area is 440 Å². The minimum absolute atomic E-state index is 0.0107. The molecular formula is C57H63FN8O9S. The summed E-state index contributed by atoms with van der Waals surface area (Å²) in [5, 5.41) is 26.8. The van der Waals surface area contributed by atoms with E-state index in [2.05, 4.69) is 85.0 Å². The van der Waals surface area contributed by atoms with Crippen LogP contribution in [0.1, 0.15) is 98.3 Å². The third kappa shape index (κ3) is 10.2. The molecule has 0 bridgehead atoms. The van der Waals surface area contributed by atoms with Crippen molar-refractivity contribution in [1.82, 2.24) is 24.5 Å². The monoisotopic (exact) mass is 1050 g/mol. The van der Waals surface area contributed by atoms with Gasteiger partial charge in [-0.05, 0) is 123 Å². The van der Waals surface area contributed by atoms with E-state index in [1.54, 1.807) is 32.4 Å². The van der Waals surface area contributed by atoms with Crippen LogP contribution in [0.5, 0.6) is 17.2 Å². The number of H-pyrrole nitrogens is 1. The van der Waals surface area contributed by atoms with Gasteiger partial charge in [0.05, 0.1) is 51.3 Å². The minimum Gasteiger partial charge on any atom is -0.496 e. The molecule has 2 saturated heterocycles. The van der Waals surface area contributed by atoms with E-state index in [1.165, 1.54) is 47.8 Å². The Morgan fingerprint density at radius 3 is 2.57 bits per heavy atom. The number of methoxy groups -OCH3 is 1. The molecule has 17 nitrogen and oxygen atoms in total. The molecule has 2 saturated carbocycles. The quantitative estimate of drug-likeness (QED) is 0.0525. The summed E-state index contributed by atoms with van der Waals surface area (Å²) in [5.74, 6) is -0.107. The second kappa shape index (κ2) is 20.1. The fourth-order valence-corrected chi connectivity index (χ4v) is 13.1. The van der Waals surface area contributed by atoms with Crippen LogP contribution in [0.25, 0.3) is 22.0 Å². The SMILES string of the molecule is COc1cc(CN2CCN(C3CC4(C3)CN(c3ccc(C(=O)NS(=O)(=O)c5ccc(NC[C@H]6CC[C@](C)(O)CC6)c([N+](=O)[O-])c5)c(Oc5cnc6[nH]cc(F)c6c5)c3)C4)[C@H](c3ccccc3C(C)C)C2)cc2occc12. The van der Waals surface area contributed by atoms with Gasteiger partial charge in [-0.2, -0.15) is 0 Å². The van der Waals surface area contributed by atoms with Gasteiger partial charge in [-0.25, -0.2) is 22.5 Å². The van der Waals surface area contributed by atoms with E-state index in [4.69, 9.17) is 13.9 Å². The molecule has 5 heterocycles. The van der Waals surface area contributed by atoms with Crippen LogP contribution in [-0.4, -0.2) is 102 Å². The van der Waals surface area contributed by atoms with Gasteiger partial charge in [0.15, 0.2) is 0 Å². The van der Waals surface area contributed by atoms with Gasteiger partial charge in [0.2, 0.25) is 0 Å². The van der Waals surface area contributed by atoms with Crippen molar-refractivity contribution in [2.75, 3.05) is 56.6 Å². The second-order valence-corrected chi connectivity index (χ2v) is 23.7. The Morgan fingerprint density at radius 2 is 1.80 bits per heavy atom. The van der Waals surface area contributed by atoms with Gasteiger partial charge in [-0.3, -0.25) is 24.7 Å². The topological polar surface area (TPSA) is 209 Å². The van der Waals surface area contributed by atoms with Crippen LogP contribution in [0.2, 0.25) is 0 Å². The molecule has 4 aliphatic rings. The average molecular weight is 1060 g/mol. The first-order valence-corrected chi connectivity index (χ1v) is 27.5. The standard InChI is InChI=1S/C57H63FN8O9S/c1-35(2)42-7-5-6-8-43(42)50-32-63(31-37-21-51(73-4)44-15-20-74-52(44)22-37)18-19-65(50)39-26-57(27-39)33-64(34-57)38-9-11-45(53(23-38)75-40-24-46-47(58)30-61-54(46)60-29-40)55(67)62-76(71,72)41-10-12-48(49(25-41)66(69)70)59-28-36-13-16-56(3,68)17-14-36/h5-12,15,20-25,29-30,35-36,39,50,59,68H,13-14,16-19,26-28,31-34H2,1-4H3,(H,60,61)(H,62,67)/t36-,50-,56-/m0/s1. The number of carbonyl (C=O) groups is 1. The Hall–Kier alpha value is -7.06. The zero-order valence-electron chi connectivity index (χ0n) is 43.1. The summed E-state index contributed by atoms with van der Waals surface area (Å²) in [6, 6.07) is 25.4. The number of pyridine rings is 1. The summed E-state index contributed by atoms with van der Waals surface area (Å²) in [6.45, 7) is 11.7. The summed E-state index contributed by atoms with van der Waals surface area (Å²) in [4.78, 5) is 39.7. The predicted molar refractivity (Wildman–Crippen MR) is 287 cm³/mol. The maximum atomic E-state index is 14.7. The zero-order chi connectivity index (χ0) is 53.1. The second-order valence-electron chi connectivity index (χ2n) is 22.0. The first-order chi connectivity index (χ1) is 36.4. The number of piperazine rings is 1. The molecule has 4 aromatic carbocycles. The van der Waals surface area contributed by atoms with Crippen molar-refractivity contribution in [3.8, 4) is 17.2 Å². The third-order valence-corrected chi connectivity index (χ3v) is 17.6. The number of nitro groups is 1. The molecule has 3 aromatic heterocycles. The molecule has 398 valence electrons. The number of ether oxygens (including phenoxy) is 2. The molecule has 2 aliphatic carbocycles. The lowest BCUT2D eigenvalue weighted by Crippen LogP contribution is -2.68. The van der Waals surface area contributed by atoms with Crippen molar-refractivity contribution >= 4 is 55.0 Å². The number of carbonyl (C=O) groups excluding carboxylic acids is 1. The fourth-order valence-electron chi connectivity index (χ4n) is 12.1. The summed E-state index contributed by atoms with van der Waals surface area (Å²) in [7, 11) is -2.96. The van der Waals surface area contributed by atoms with Crippen LogP contribution >= 0.6 is 0 Å². The Morgan fingerprint density at radius 1 is 1.01 bits per heavy atom. The number of anilines is 2. The number of nitrogens with zero attached hydrogens (tertiary/aromatic N) is 5. The maximum Gasteiger partial charge on any atom is 0.293 e. The molecule has 7 aromatic rings. The van der Waals surface area contributed by atoms with Gasteiger partial charge in [0.1, 0.15) is 40.0 Å². The van der Waals surface area contributed by atoms with Crippen molar-refractivity contribution in [3.63, 3.8) is 0 Å². The molecule has 11 rings (SSSR count). The number of amides is 1. The number of hydrogen-bond acceptors (Lipinski definition) is 14. The normalized spacial score (nSPS) is 21.2. The highest BCUT2D eigenvalue weighted by atomic mass is 32.2. The lowest BCUT2D eigenvalue weighted by atomic mass is 9.59. The molecule has 0 radical (unpaired) electrons. The Kier molecular flexibility index (Phi) is 13.5. The summed E-state index contributed by atoms with van der Waals surface area (Å²) in [5.41, 5.74) is 4.63. The van der Waals surface area contributed by atoms with Gasteiger partial charge in [-0.15, -0.1) is 0 Å². The number of nitrogens with one attached hydrogen (secondary N) is 3. The van der Waals surface area contributed by atoms with Crippen LogP contribution in [0, 0.1) is 27.3 Å². The van der Waals surface area contributed by atoms with Crippen molar-refractivity contribution in [1.29, 1.82) is 0 Å². The molecule has 1 atom stereocenters. The van der Waals surface area contributed by atoms with Crippen LogP contribution in [0.4, 0.5) is 21.5 Å². The molecular weight excluding hydrogens is 992 g/mol. The molecule has 19 heteroatoms. The number of aromatic amines is 1. The third-order valence-electron chi connectivity index (χ3n) is 16.3. The smallest absolute Gasteiger partial charge is 0.293 e. The van der Waals surface area contributed by atoms with Crippen LogP contribution < -0.4 is 24.4 Å². The van der Waals surface area contributed by atoms with Crippen LogP contribution in [-0.2, 0) is 16.6 Å². The lowest BCUT2D eigenvalue weighted by Gasteiger charge is -2.63. The molecule has 1 amide bonds. The number of hydrogen-bond donors (Lipinski definition) is 4. The molecule has 0 unspecified atom stereocenters. The lowest BCUT2D eigenvalue weighted by molar-refractivity contribution is -0.384. The van der Waals surface area contributed by atoms with E-state index in [1.807, 2.05) is 6.07 Å². The zero-order valence-corrected chi connectivity index (χ0v) is 43.9. The van der Waals surface area contributed by atoms with Gasteiger partial charge >= 0.3 is 0 Å². The van der Waals surface area contributed by atoms with Crippen LogP contribution in [0.3, 0.4) is 0 Å².